The lowest BCUT2D eigenvalue weighted by molar-refractivity contribution is -0.168. The molecule has 2 amide bonds. The molecule has 0 N–H and O–H groups in total. The van der Waals surface area contributed by atoms with E-state index in [-0.39, 0.29) is 10.8 Å². The molecule has 0 unspecified atom stereocenters. The fourth-order valence-electron chi connectivity index (χ4n) is 10.9. The number of hydrogen-bond acceptors (Lipinski definition) is 2. The highest BCUT2D eigenvalue weighted by molar-refractivity contribution is 5.86. The number of nitrogens with zero attached hydrogens (tertiary/aromatic N) is 2. The number of carbonyl (C=O) groups is 2. The molecule has 0 radical (unpaired) electrons. The van der Waals surface area contributed by atoms with Gasteiger partial charge < -0.3 is 9.80 Å². The van der Waals surface area contributed by atoms with Crippen molar-refractivity contribution in [2.24, 2.45) is 46.3 Å². The van der Waals surface area contributed by atoms with Crippen molar-refractivity contribution in [2.45, 2.75) is 96.3 Å². The van der Waals surface area contributed by atoms with Gasteiger partial charge in [0.2, 0.25) is 11.8 Å². The van der Waals surface area contributed by atoms with Crippen molar-refractivity contribution in [2.75, 3.05) is 19.8 Å². The SMILES string of the molecule is O=C(N1CCCCCN(C(=O)C23CC4CC(CC(C4)C2)C3)C1)C12CC3CC(CC(C3)C1)C2. The van der Waals surface area contributed by atoms with Crippen molar-refractivity contribution in [3.05, 3.63) is 0 Å². The second-order valence-corrected chi connectivity index (χ2v) is 13.7. The molecule has 1 saturated heterocycles. The second-order valence-electron chi connectivity index (χ2n) is 13.7. The molecule has 0 spiro atoms. The van der Waals surface area contributed by atoms with Crippen LogP contribution in [0.3, 0.4) is 0 Å². The summed E-state index contributed by atoms with van der Waals surface area (Å²) in [7, 11) is 0. The number of amides is 2. The molecule has 4 heteroatoms. The van der Waals surface area contributed by atoms with Crippen LogP contribution in [0.1, 0.15) is 96.3 Å². The first-order valence-electron chi connectivity index (χ1n) is 14.1. The van der Waals surface area contributed by atoms with E-state index in [0.717, 1.165) is 106 Å². The maximum atomic E-state index is 14.1. The zero-order valence-corrected chi connectivity index (χ0v) is 19.9. The number of hydrogen-bond donors (Lipinski definition) is 0. The van der Waals surface area contributed by atoms with Gasteiger partial charge in [0.25, 0.3) is 0 Å². The molecular formula is C28H42N2O2. The van der Waals surface area contributed by atoms with Crippen LogP contribution in [0.25, 0.3) is 0 Å². The van der Waals surface area contributed by atoms with E-state index >= 15 is 0 Å². The molecule has 1 aliphatic heterocycles. The molecule has 0 aromatic carbocycles. The third kappa shape index (κ3) is 3.13. The molecule has 0 aromatic heterocycles. The highest BCUT2D eigenvalue weighted by atomic mass is 16.2. The Bertz CT molecular complexity index is 669. The van der Waals surface area contributed by atoms with E-state index in [1.54, 1.807) is 0 Å². The standard InChI is InChI=1S/C28H42N2O2/c31-25(27-12-19-6-20(13-27)8-21(7-19)14-27)29-4-2-1-3-5-30(18-29)26(32)28-15-22-9-23(16-28)11-24(10-22)17-28/h19-24H,1-18H2. The van der Waals surface area contributed by atoms with Crippen LogP contribution in [-0.2, 0) is 9.59 Å². The average Bonchev–Trinajstić information content (AvgIpc) is 2.71. The Morgan fingerprint density at radius 3 is 1.12 bits per heavy atom. The monoisotopic (exact) mass is 438 g/mol. The molecular weight excluding hydrogens is 396 g/mol. The lowest BCUT2D eigenvalue weighted by Crippen LogP contribution is -2.59. The summed E-state index contributed by atoms with van der Waals surface area (Å²) >= 11 is 0. The third-order valence-electron chi connectivity index (χ3n) is 11.3. The number of carbonyl (C=O) groups excluding carboxylic acids is 2. The van der Waals surface area contributed by atoms with Gasteiger partial charge in [-0.15, -0.1) is 0 Å². The van der Waals surface area contributed by atoms with Crippen LogP contribution in [0, 0.1) is 46.3 Å². The first-order chi connectivity index (χ1) is 15.5. The summed E-state index contributed by atoms with van der Waals surface area (Å²) in [6.07, 6.45) is 18.5. The summed E-state index contributed by atoms with van der Waals surface area (Å²) in [5.41, 5.74) is -0.160. The quantitative estimate of drug-likeness (QED) is 0.593. The van der Waals surface area contributed by atoms with Crippen molar-refractivity contribution in [3.8, 4) is 0 Å². The van der Waals surface area contributed by atoms with Gasteiger partial charge in [-0.05, 0) is 132 Å². The normalized spacial score (nSPS) is 49.2. The fraction of sp³-hybridized carbons (Fsp3) is 0.929. The van der Waals surface area contributed by atoms with Crippen molar-refractivity contribution >= 4 is 11.8 Å². The van der Waals surface area contributed by atoms with Crippen molar-refractivity contribution in [1.82, 2.24) is 9.80 Å². The van der Waals surface area contributed by atoms with Crippen LogP contribution in [0.2, 0.25) is 0 Å². The van der Waals surface area contributed by atoms with E-state index in [9.17, 15) is 9.59 Å². The first-order valence-corrected chi connectivity index (χ1v) is 14.1. The summed E-state index contributed by atoms with van der Waals surface area (Å²) in [6.45, 7) is 2.32. The highest BCUT2D eigenvalue weighted by Gasteiger charge is 2.57. The van der Waals surface area contributed by atoms with Gasteiger partial charge in [0.05, 0.1) is 17.5 Å². The van der Waals surface area contributed by atoms with Crippen molar-refractivity contribution < 1.29 is 9.59 Å². The Labute approximate surface area is 193 Å². The average molecular weight is 439 g/mol. The number of rotatable bonds is 2. The van der Waals surface area contributed by atoms with E-state index in [1.807, 2.05) is 0 Å². The molecule has 176 valence electrons. The Hall–Kier alpha value is -1.06. The molecule has 0 atom stereocenters. The van der Waals surface area contributed by atoms with Gasteiger partial charge in [-0.2, -0.15) is 0 Å². The van der Waals surface area contributed by atoms with Crippen LogP contribution in [0.5, 0.6) is 0 Å². The molecule has 9 aliphatic rings. The van der Waals surface area contributed by atoms with Gasteiger partial charge in [0, 0.05) is 13.1 Å². The highest BCUT2D eigenvalue weighted by Crippen LogP contribution is 2.62. The molecule has 4 nitrogen and oxygen atoms in total. The van der Waals surface area contributed by atoms with E-state index in [2.05, 4.69) is 9.80 Å². The Kier molecular flexibility index (Phi) is 4.58. The van der Waals surface area contributed by atoms with Gasteiger partial charge in [-0.1, -0.05) is 0 Å². The maximum Gasteiger partial charge on any atom is 0.230 e. The Morgan fingerprint density at radius 2 is 0.812 bits per heavy atom. The van der Waals surface area contributed by atoms with Crippen LogP contribution < -0.4 is 0 Å². The zero-order valence-electron chi connectivity index (χ0n) is 19.9. The van der Waals surface area contributed by atoms with E-state index in [4.69, 9.17) is 0 Å². The molecule has 8 bridgehead atoms. The summed E-state index contributed by atoms with van der Waals surface area (Å²) in [6, 6.07) is 0. The fourth-order valence-corrected chi connectivity index (χ4v) is 10.9. The van der Waals surface area contributed by atoms with Gasteiger partial charge in [0.15, 0.2) is 0 Å². The zero-order chi connectivity index (χ0) is 21.5. The maximum absolute atomic E-state index is 14.1. The second kappa shape index (κ2) is 7.22. The molecule has 1 heterocycles. The summed E-state index contributed by atoms with van der Waals surface area (Å²) in [5.74, 6) is 5.64. The molecule has 8 aliphatic carbocycles. The van der Waals surface area contributed by atoms with Crippen LogP contribution in [0.4, 0.5) is 0 Å². The van der Waals surface area contributed by atoms with Gasteiger partial charge in [-0.25, -0.2) is 0 Å². The van der Waals surface area contributed by atoms with E-state index in [1.165, 1.54) is 38.5 Å². The third-order valence-corrected chi connectivity index (χ3v) is 11.3. The van der Waals surface area contributed by atoms with Gasteiger partial charge >= 0.3 is 0 Å². The summed E-state index contributed by atoms with van der Waals surface area (Å²) in [4.78, 5) is 32.6. The molecule has 8 saturated carbocycles. The smallest absolute Gasteiger partial charge is 0.230 e. The Balaban J connectivity index is 1.12. The van der Waals surface area contributed by atoms with E-state index < -0.39 is 0 Å². The minimum absolute atomic E-state index is 0.0800. The van der Waals surface area contributed by atoms with Crippen molar-refractivity contribution in [3.63, 3.8) is 0 Å². The summed E-state index contributed by atoms with van der Waals surface area (Å²) < 4.78 is 0. The molecule has 9 fully saturated rings. The minimum Gasteiger partial charge on any atom is -0.324 e. The van der Waals surface area contributed by atoms with Crippen LogP contribution in [-0.4, -0.2) is 41.4 Å². The van der Waals surface area contributed by atoms with Gasteiger partial charge in [-0.3, -0.25) is 9.59 Å². The topological polar surface area (TPSA) is 40.6 Å². The predicted octanol–water partition coefficient (Wildman–Crippen LogP) is 5.22. The van der Waals surface area contributed by atoms with Crippen molar-refractivity contribution in [1.29, 1.82) is 0 Å². The van der Waals surface area contributed by atoms with Crippen LogP contribution in [0.15, 0.2) is 0 Å². The molecule has 32 heavy (non-hydrogen) atoms. The van der Waals surface area contributed by atoms with Crippen LogP contribution >= 0.6 is 0 Å². The minimum atomic E-state index is -0.0800. The molecule has 0 aromatic rings. The lowest BCUT2D eigenvalue weighted by atomic mass is 9.49. The lowest BCUT2D eigenvalue weighted by Gasteiger charge is -2.58. The Morgan fingerprint density at radius 1 is 0.500 bits per heavy atom. The molecule has 9 rings (SSSR count). The predicted molar refractivity (Wildman–Crippen MR) is 123 cm³/mol. The van der Waals surface area contributed by atoms with E-state index in [0.29, 0.717) is 18.5 Å². The first kappa shape index (κ1) is 20.3. The largest absolute Gasteiger partial charge is 0.324 e. The summed E-state index contributed by atoms with van der Waals surface area (Å²) in [5, 5.41) is 0. The van der Waals surface area contributed by atoms with Gasteiger partial charge in [0.1, 0.15) is 0 Å².